The lowest BCUT2D eigenvalue weighted by atomic mass is 10.1. The number of thiazole rings is 1. The van der Waals surface area contributed by atoms with Gasteiger partial charge in [-0.1, -0.05) is 24.3 Å². The van der Waals surface area contributed by atoms with E-state index in [4.69, 9.17) is 0 Å². The van der Waals surface area contributed by atoms with Crippen molar-refractivity contribution in [3.63, 3.8) is 0 Å². The maximum atomic E-state index is 12.0. The van der Waals surface area contributed by atoms with Gasteiger partial charge in [-0.25, -0.2) is 18.1 Å². The highest BCUT2D eigenvalue weighted by Crippen LogP contribution is 2.16. The zero-order valence-corrected chi connectivity index (χ0v) is 18.7. The molecule has 0 aliphatic carbocycles. The summed E-state index contributed by atoms with van der Waals surface area (Å²) in [5.74, 6) is 0.689. The summed E-state index contributed by atoms with van der Waals surface area (Å²) in [5.41, 5.74) is 2.85. The van der Waals surface area contributed by atoms with Gasteiger partial charge in [0, 0.05) is 24.5 Å². The molecule has 1 aromatic heterocycles. The van der Waals surface area contributed by atoms with Crippen molar-refractivity contribution in [1.82, 2.24) is 20.3 Å². The van der Waals surface area contributed by atoms with E-state index < -0.39 is 10.0 Å². The first-order valence-electron chi connectivity index (χ1n) is 9.13. The molecular formula is C19H29N5O2S2. The van der Waals surface area contributed by atoms with Crippen LogP contribution in [-0.4, -0.2) is 32.5 Å². The number of hydrogen-bond acceptors (Lipinski definition) is 5. The molecule has 0 aliphatic heterocycles. The Hall–Kier alpha value is -1.97. The minimum Gasteiger partial charge on any atom is -0.352 e. The van der Waals surface area contributed by atoms with Crippen LogP contribution < -0.4 is 15.4 Å². The fourth-order valence-corrected chi connectivity index (χ4v) is 4.99. The van der Waals surface area contributed by atoms with E-state index in [2.05, 4.69) is 25.3 Å². The second-order valence-electron chi connectivity index (χ2n) is 6.87. The van der Waals surface area contributed by atoms with Crippen molar-refractivity contribution >= 4 is 27.3 Å². The molecule has 0 atom stereocenters. The second-order valence-corrected chi connectivity index (χ2v) is 9.91. The molecule has 0 radical (unpaired) electrons. The van der Waals surface area contributed by atoms with Crippen molar-refractivity contribution in [3.8, 4) is 0 Å². The van der Waals surface area contributed by atoms with Gasteiger partial charge in [-0.2, -0.15) is 0 Å². The van der Waals surface area contributed by atoms with Crippen LogP contribution in [0.3, 0.4) is 0 Å². The van der Waals surface area contributed by atoms with Crippen molar-refractivity contribution in [3.05, 3.63) is 51.0 Å². The largest absolute Gasteiger partial charge is 0.352 e. The summed E-state index contributed by atoms with van der Waals surface area (Å²) in [5, 5.41) is 7.62. The van der Waals surface area contributed by atoms with Gasteiger partial charge in [-0.3, -0.25) is 4.99 Å². The van der Waals surface area contributed by atoms with E-state index in [0.29, 0.717) is 19.0 Å². The van der Waals surface area contributed by atoms with Crippen LogP contribution in [0.25, 0.3) is 0 Å². The number of nitrogens with zero attached hydrogens (tertiary/aromatic N) is 2. The maximum absolute atomic E-state index is 12.0. The lowest BCUT2D eigenvalue weighted by Crippen LogP contribution is -2.36. The Kier molecular flexibility index (Phi) is 7.97. The Bertz CT molecular complexity index is 903. The van der Waals surface area contributed by atoms with Gasteiger partial charge >= 0.3 is 0 Å². The molecular weight excluding hydrogens is 394 g/mol. The van der Waals surface area contributed by atoms with Gasteiger partial charge in [-0.05, 0) is 38.8 Å². The monoisotopic (exact) mass is 423 g/mol. The summed E-state index contributed by atoms with van der Waals surface area (Å²) in [7, 11) is -1.58. The van der Waals surface area contributed by atoms with E-state index in [9.17, 15) is 8.42 Å². The van der Waals surface area contributed by atoms with Crippen LogP contribution in [0.4, 0.5) is 0 Å². The molecule has 0 unspecified atom stereocenters. The summed E-state index contributed by atoms with van der Waals surface area (Å²) in [4.78, 5) is 9.86. The molecule has 9 heteroatoms. The Morgan fingerprint density at radius 3 is 2.25 bits per heavy atom. The number of aromatic nitrogens is 1. The highest BCUT2D eigenvalue weighted by molar-refractivity contribution is 7.88. The van der Waals surface area contributed by atoms with Crippen molar-refractivity contribution < 1.29 is 8.42 Å². The number of aliphatic imine (C=N–C) groups is 1. The van der Waals surface area contributed by atoms with Crippen molar-refractivity contribution in [2.24, 2.45) is 4.99 Å². The van der Waals surface area contributed by atoms with Crippen molar-refractivity contribution in [2.75, 3.05) is 7.05 Å². The fraction of sp³-hybridized carbons (Fsp3) is 0.474. The first-order valence-corrected chi connectivity index (χ1v) is 11.6. The average Bonchev–Trinajstić information content (AvgIpc) is 2.92. The Morgan fingerprint density at radius 2 is 1.71 bits per heavy atom. The van der Waals surface area contributed by atoms with Crippen molar-refractivity contribution in [2.45, 2.75) is 52.6 Å². The molecule has 2 rings (SSSR count). The van der Waals surface area contributed by atoms with Crippen molar-refractivity contribution in [1.29, 1.82) is 0 Å². The van der Waals surface area contributed by atoms with Gasteiger partial charge < -0.3 is 10.6 Å². The molecule has 0 aliphatic rings. The van der Waals surface area contributed by atoms with Crippen LogP contribution >= 0.6 is 11.3 Å². The van der Waals surface area contributed by atoms with Crippen LogP contribution in [0, 0.1) is 13.8 Å². The van der Waals surface area contributed by atoms with E-state index >= 15 is 0 Å². The molecule has 1 aromatic carbocycles. The van der Waals surface area contributed by atoms with E-state index in [-0.39, 0.29) is 11.8 Å². The predicted molar refractivity (Wildman–Crippen MR) is 116 cm³/mol. The molecule has 2 aromatic rings. The average molecular weight is 424 g/mol. The third kappa shape index (κ3) is 7.21. The molecule has 154 valence electrons. The van der Waals surface area contributed by atoms with Gasteiger partial charge in [0.25, 0.3) is 0 Å². The summed E-state index contributed by atoms with van der Waals surface area (Å²) in [6.07, 6.45) is 0. The fourth-order valence-electron chi connectivity index (χ4n) is 2.68. The standard InChI is InChI=1S/C19H29N5O2S2/c1-13(2)24-28(25,26)12-17-8-6-16(7-9-17)10-21-19(20-5)22-11-18-14(3)23-15(4)27-18/h6-9,13,24H,10-12H2,1-5H3,(H2,20,21,22). The number of rotatable bonds is 8. The molecule has 0 saturated carbocycles. The Morgan fingerprint density at radius 1 is 1.11 bits per heavy atom. The molecule has 7 nitrogen and oxygen atoms in total. The topological polar surface area (TPSA) is 95.5 Å². The summed E-state index contributed by atoms with van der Waals surface area (Å²) < 4.78 is 26.6. The molecule has 0 saturated heterocycles. The molecule has 1 heterocycles. The predicted octanol–water partition coefficient (Wildman–Crippen LogP) is 2.45. The zero-order valence-electron chi connectivity index (χ0n) is 17.0. The molecule has 0 fully saturated rings. The van der Waals surface area contributed by atoms with Gasteiger partial charge in [0.2, 0.25) is 10.0 Å². The summed E-state index contributed by atoms with van der Waals surface area (Å²) in [6.45, 7) is 8.90. The molecule has 0 bridgehead atoms. The lowest BCUT2D eigenvalue weighted by molar-refractivity contribution is 0.569. The minimum atomic E-state index is -3.31. The highest BCUT2D eigenvalue weighted by atomic mass is 32.2. The number of hydrogen-bond donors (Lipinski definition) is 3. The quantitative estimate of drug-likeness (QED) is 0.448. The normalized spacial score (nSPS) is 12.4. The van der Waals surface area contributed by atoms with Gasteiger partial charge in [-0.15, -0.1) is 11.3 Å². The molecule has 28 heavy (non-hydrogen) atoms. The molecule has 3 N–H and O–H groups in total. The molecule has 0 spiro atoms. The Balaban J connectivity index is 1.86. The zero-order chi connectivity index (χ0) is 20.7. The van der Waals surface area contributed by atoms with E-state index in [1.54, 1.807) is 18.4 Å². The van der Waals surface area contributed by atoms with E-state index in [1.165, 1.54) is 4.88 Å². The van der Waals surface area contributed by atoms with Crippen LogP contribution in [0.2, 0.25) is 0 Å². The van der Waals surface area contributed by atoms with Crippen LogP contribution in [0.1, 0.15) is 40.6 Å². The number of guanidine groups is 1. The number of benzene rings is 1. The Labute approximate surface area is 171 Å². The van der Waals surface area contributed by atoms with Gasteiger partial charge in [0.05, 0.1) is 23.0 Å². The number of sulfonamides is 1. The minimum absolute atomic E-state index is 0.0181. The van der Waals surface area contributed by atoms with E-state index in [0.717, 1.165) is 21.8 Å². The SMILES string of the molecule is CN=C(NCc1ccc(CS(=O)(=O)NC(C)C)cc1)NCc1sc(C)nc1C. The van der Waals surface area contributed by atoms with Gasteiger partial charge in [0.1, 0.15) is 0 Å². The maximum Gasteiger partial charge on any atom is 0.216 e. The van der Waals surface area contributed by atoms with Crippen LogP contribution in [0.15, 0.2) is 29.3 Å². The first kappa shape index (κ1) is 22.3. The van der Waals surface area contributed by atoms with Gasteiger partial charge in [0.15, 0.2) is 5.96 Å². The molecule has 0 amide bonds. The lowest BCUT2D eigenvalue weighted by Gasteiger charge is -2.12. The smallest absolute Gasteiger partial charge is 0.216 e. The highest BCUT2D eigenvalue weighted by Gasteiger charge is 2.12. The number of nitrogens with one attached hydrogen (secondary N) is 3. The third-order valence-electron chi connectivity index (χ3n) is 3.89. The number of aryl methyl sites for hydroxylation is 2. The first-order chi connectivity index (χ1) is 13.2. The van der Waals surface area contributed by atoms with Crippen LogP contribution in [0.5, 0.6) is 0 Å². The van der Waals surface area contributed by atoms with E-state index in [1.807, 2.05) is 52.0 Å². The summed E-state index contributed by atoms with van der Waals surface area (Å²) in [6, 6.07) is 7.44. The van der Waals surface area contributed by atoms with Crippen LogP contribution in [-0.2, 0) is 28.9 Å². The third-order valence-corrected chi connectivity index (χ3v) is 6.51. The summed E-state index contributed by atoms with van der Waals surface area (Å²) >= 11 is 1.68. The second kappa shape index (κ2) is 9.99.